The average Bonchev–Trinajstić information content (AvgIpc) is 2.91. The molecule has 3 aromatic heterocycles. The summed E-state index contributed by atoms with van der Waals surface area (Å²) in [5.41, 5.74) is 1.78. The molecule has 0 saturated carbocycles. The Labute approximate surface area is 122 Å². The van der Waals surface area contributed by atoms with E-state index >= 15 is 0 Å². The molecule has 21 heavy (non-hydrogen) atoms. The number of nitrogens with one attached hydrogen (secondary N) is 1. The molecule has 7 nitrogen and oxygen atoms in total. The van der Waals surface area contributed by atoms with Gasteiger partial charge in [0.05, 0.1) is 6.54 Å². The molecule has 0 saturated heterocycles. The smallest absolute Gasteiger partial charge is 0.163 e. The van der Waals surface area contributed by atoms with Crippen LogP contribution in [-0.4, -0.2) is 29.7 Å². The van der Waals surface area contributed by atoms with E-state index in [1.54, 1.807) is 17.1 Å². The van der Waals surface area contributed by atoms with Crippen molar-refractivity contribution in [3.8, 4) is 11.4 Å². The van der Waals surface area contributed by atoms with Gasteiger partial charge in [0.1, 0.15) is 18.0 Å². The summed E-state index contributed by atoms with van der Waals surface area (Å²) >= 11 is 0. The van der Waals surface area contributed by atoms with E-state index < -0.39 is 0 Å². The molecule has 7 heteroatoms. The predicted molar refractivity (Wildman–Crippen MR) is 78.3 cm³/mol. The molecule has 0 aliphatic carbocycles. The second-order valence-corrected chi connectivity index (χ2v) is 4.61. The summed E-state index contributed by atoms with van der Waals surface area (Å²) in [6, 6.07) is 5.71. The summed E-state index contributed by atoms with van der Waals surface area (Å²) in [6.45, 7) is 2.49. The lowest BCUT2D eigenvalue weighted by Gasteiger charge is -2.08. The van der Waals surface area contributed by atoms with Crippen molar-refractivity contribution < 1.29 is 0 Å². The van der Waals surface area contributed by atoms with Gasteiger partial charge in [-0.1, -0.05) is 0 Å². The summed E-state index contributed by atoms with van der Waals surface area (Å²) in [5, 5.41) is 7.28. The van der Waals surface area contributed by atoms with Gasteiger partial charge in [0.15, 0.2) is 5.82 Å². The molecule has 0 aliphatic heterocycles. The normalized spacial score (nSPS) is 10.6. The van der Waals surface area contributed by atoms with Crippen LogP contribution in [0.4, 0.5) is 5.82 Å². The summed E-state index contributed by atoms with van der Waals surface area (Å²) in [7, 11) is 1.86. The van der Waals surface area contributed by atoms with Crippen LogP contribution in [0.3, 0.4) is 0 Å². The average molecular weight is 281 g/mol. The van der Waals surface area contributed by atoms with Crippen LogP contribution in [0.5, 0.6) is 0 Å². The van der Waals surface area contributed by atoms with Gasteiger partial charge < -0.3 is 5.32 Å². The monoisotopic (exact) mass is 281 g/mol. The third kappa shape index (κ3) is 3.02. The minimum absolute atomic E-state index is 0.555. The second-order valence-electron chi connectivity index (χ2n) is 4.61. The molecule has 3 heterocycles. The highest BCUT2D eigenvalue weighted by Crippen LogP contribution is 2.16. The van der Waals surface area contributed by atoms with Crippen molar-refractivity contribution in [3.63, 3.8) is 0 Å². The quantitative estimate of drug-likeness (QED) is 0.782. The standard InChI is InChI=1S/C14H15N7/c1-10-6-12(16-8-13-17-9-18-21(13)2)20-14(19-10)11-4-3-5-15-7-11/h3-7,9H,8H2,1-2H3,(H,16,19,20). The molecule has 1 N–H and O–H groups in total. The first-order valence-corrected chi connectivity index (χ1v) is 6.55. The topological polar surface area (TPSA) is 81.4 Å². The molecule has 3 aromatic rings. The van der Waals surface area contributed by atoms with Gasteiger partial charge in [-0.3, -0.25) is 9.67 Å². The molecule has 0 amide bonds. The lowest BCUT2D eigenvalue weighted by molar-refractivity contribution is 0.711. The maximum Gasteiger partial charge on any atom is 0.163 e. The number of anilines is 1. The van der Waals surface area contributed by atoms with Gasteiger partial charge >= 0.3 is 0 Å². The highest BCUT2D eigenvalue weighted by Gasteiger charge is 2.06. The Kier molecular flexibility index (Phi) is 3.55. The van der Waals surface area contributed by atoms with Crippen molar-refractivity contribution in [2.75, 3.05) is 5.32 Å². The molecular weight excluding hydrogens is 266 g/mol. The van der Waals surface area contributed by atoms with E-state index in [-0.39, 0.29) is 0 Å². The number of aryl methyl sites for hydroxylation is 2. The van der Waals surface area contributed by atoms with E-state index in [1.165, 1.54) is 6.33 Å². The zero-order chi connectivity index (χ0) is 14.7. The first kappa shape index (κ1) is 13.2. The van der Waals surface area contributed by atoms with Crippen molar-refractivity contribution in [2.24, 2.45) is 7.05 Å². The maximum absolute atomic E-state index is 4.51. The fourth-order valence-corrected chi connectivity index (χ4v) is 1.93. The summed E-state index contributed by atoms with van der Waals surface area (Å²) < 4.78 is 1.73. The van der Waals surface area contributed by atoms with Crippen molar-refractivity contribution in [2.45, 2.75) is 13.5 Å². The number of nitrogens with zero attached hydrogens (tertiary/aromatic N) is 6. The van der Waals surface area contributed by atoms with Crippen LogP contribution in [-0.2, 0) is 13.6 Å². The van der Waals surface area contributed by atoms with Crippen LogP contribution >= 0.6 is 0 Å². The third-order valence-corrected chi connectivity index (χ3v) is 3.01. The Bertz CT molecular complexity index is 736. The molecule has 0 aromatic carbocycles. The Morgan fingerprint density at radius 3 is 2.90 bits per heavy atom. The van der Waals surface area contributed by atoms with Crippen LogP contribution in [0.2, 0.25) is 0 Å². The van der Waals surface area contributed by atoms with Crippen molar-refractivity contribution >= 4 is 5.82 Å². The summed E-state index contributed by atoms with van der Waals surface area (Å²) in [6.07, 6.45) is 5.01. The number of rotatable bonds is 4. The Morgan fingerprint density at radius 2 is 2.19 bits per heavy atom. The first-order valence-electron chi connectivity index (χ1n) is 6.55. The van der Waals surface area contributed by atoms with E-state index in [9.17, 15) is 0 Å². The Morgan fingerprint density at radius 1 is 1.29 bits per heavy atom. The van der Waals surface area contributed by atoms with Gasteiger partial charge in [-0.2, -0.15) is 5.10 Å². The fourth-order valence-electron chi connectivity index (χ4n) is 1.93. The minimum Gasteiger partial charge on any atom is -0.363 e. The molecule has 0 aliphatic rings. The number of hydrogen-bond donors (Lipinski definition) is 1. The molecule has 106 valence electrons. The largest absolute Gasteiger partial charge is 0.363 e. The number of pyridine rings is 1. The zero-order valence-corrected chi connectivity index (χ0v) is 11.9. The highest BCUT2D eigenvalue weighted by molar-refractivity contribution is 5.56. The predicted octanol–water partition coefficient (Wildman–Crippen LogP) is 1.59. The highest BCUT2D eigenvalue weighted by atomic mass is 15.3. The third-order valence-electron chi connectivity index (χ3n) is 3.01. The number of aromatic nitrogens is 6. The SMILES string of the molecule is Cc1cc(NCc2ncnn2C)nc(-c2cccnc2)n1. The Balaban J connectivity index is 1.83. The molecule has 0 unspecified atom stereocenters. The van der Waals surface area contributed by atoms with Crippen molar-refractivity contribution in [3.05, 3.63) is 48.4 Å². The van der Waals surface area contributed by atoms with Crippen LogP contribution in [0.25, 0.3) is 11.4 Å². The Hall–Kier alpha value is -2.83. The lowest BCUT2D eigenvalue weighted by atomic mass is 10.2. The van der Waals surface area contributed by atoms with Gasteiger partial charge in [0.25, 0.3) is 0 Å². The van der Waals surface area contributed by atoms with Gasteiger partial charge in [0, 0.05) is 36.8 Å². The zero-order valence-electron chi connectivity index (χ0n) is 11.9. The summed E-state index contributed by atoms with van der Waals surface area (Å²) in [5.74, 6) is 2.25. The van der Waals surface area contributed by atoms with E-state index in [4.69, 9.17) is 0 Å². The van der Waals surface area contributed by atoms with Gasteiger partial charge in [-0.15, -0.1) is 0 Å². The van der Waals surface area contributed by atoms with Crippen LogP contribution in [0.15, 0.2) is 36.9 Å². The van der Waals surface area contributed by atoms with Gasteiger partial charge in [0.2, 0.25) is 0 Å². The molecule has 0 spiro atoms. The molecule has 0 fully saturated rings. The van der Waals surface area contributed by atoms with Crippen LogP contribution < -0.4 is 5.32 Å². The summed E-state index contributed by atoms with van der Waals surface area (Å²) in [4.78, 5) is 17.2. The molecule has 0 atom stereocenters. The van der Waals surface area contributed by atoms with Crippen LogP contribution in [0, 0.1) is 6.92 Å². The minimum atomic E-state index is 0.555. The van der Waals surface area contributed by atoms with E-state index in [0.29, 0.717) is 12.4 Å². The van der Waals surface area contributed by atoms with Gasteiger partial charge in [-0.05, 0) is 19.1 Å². The second kappa shape index (κ2) is 5.66. The first-order chi connectivity index (χ1) is 10.2. The van der Waals surface area contributed by atoms with E-state index in [1.807, 2.05) is 32.2 Å². The van der Waals surface area contributed by atoms with E-state index in [0.717, 1.165) is 22.9 Å². The molecule has 3 rings (SSSR count). The molecular formula is C14H15N7. The lowest BCUT2D eigenvalue weighted by Crippen LogP contribution is -2.08. The maximum atomic E-state index is 4.51. The van der Waals surface area contributed by atoms with Crippen molar-refractivity contribution in [1.29, 1.82) is 0 Å². The fraction of sp³-hybridized carbons (Fsp3) is 0.214. The van der Waals surface area contributed by atoms with Gasteiger partial charge in [-0.25, -0.2) is 15.0 Å². The van der Waals surface area contributed by atoms with Crippen molar-refractivity contribution in [1.82, 2.24) is 29.7 Å². The van der Waals surface area contributed by atoms with E-state index in [2.05, 4.69) is 30.4 Å². The van der Waals surface area contributed by atoms with Crippen LogP contribution in [0.1, 0.15) is 11.5 Å². The molecule has 0 radical (unpaired) electrons. The molecule has 0 bridgehead atoms. The number of hydrogen-bond acceptors (Lipinski definition) is 6.